The van der Waals surface area contributed by atoms with Crippen LogP contribution < -0.4 is 5.32 Å². The third-order valence-corrected chi connectivity index (χ3v) is 9.26. The topological polar surface area (TPSA) is 208 Å². The molecule has 13 nitrogen and oxygen atoms in total. The number of amides is 1. The highest BCUT2D eigenvalue weighted by Gasteiger charge is 2.50. The third kappa shape index (κ3) is 7.95. The van der Waals surface area contributed by atoms with Gasteiger partial charge in [0.1, 0.15) is 48.8 Å². The van der Waals surface area contributed by atoms with Gasteiger partial charge in [0.15, 0.2) is 12.6 Å². The van der Waals surface area contributed by atoms with Gasteiger partial charge in [0.25, 0.3) is 0 Å². The number of carbonyl (C=O) groups excluding carboxylic acids is 1. The van der Waals surface area contributed by atoms with Crippen LogP contribution in [0.4, 0.5) is 0 Å². The van der Waals surface area contributed by atoms with Crippen LogP contribution in [0.3, 0.4) is 0 Å². The Kier molecular flexibility index (Phi) is 12.6. The summed E-state index contributed by atoms with van der Waals surface area (Å²) in [4.78, 5) is 13.3. The molecule has 4 aliphatic rings. The lowest BCUT2D eigenvalue weighted by Crippen LogP contribution is -2.64. The Morgan fingerprint density at radius 2 is 1.24 bits per heavy atom. The molecule has 10 atom stereocenters. The molecule has 2 aliphatic carbocycles. The van der Waals surface area contributed by atoms with Crippen molar-refractivity contribution in [1.29, 1.82) is 0 Å². The van der Waals surface area contributed by atoms with Crippen molar-refractivity contribution in [1.82, 2.24) is 5.32 Å². The summed E-state index contributed by atoms with van der Waals surface area (Å²) < 4.78 is 22.2. The monoisotopic (exact) mass is 591 g/mol. The number of nitrogens with one attached hydrogen (secondary N) is 1. The van der Waals surface area contributed by atoms with Crippen LogP contribution in [0.1, 0.15) is 64.2 Å². The highest BCUT2D eigenvalue weighted by atomic mass is 16.7. The van der Waals surface area contributed by atoms with Crippen molar-refractivity contribution >= 4 is 5.91 Å². The number of carbonyl (C=O) groups is 1. The zero-order valence-electron chi connectivity index (χ0n) is 23.6. The minimum Gasteiger partial charge on any atom is -0.394 e. The Labute approximate surface area is 240 Å². The van der Waals surface area contributed by atoms with Gasteiger partial charge in [-0.05, 0) is 37.5 Å². The number of hydrogen-bond acceptors (Lipinski definition) is 12. The maximum absolute atomic E-state index is 13.3. The fraction of sp³-hybridized carbons (Fsp3) is 0.964. The summed E-state index contributed by atoms with van der Waals surface area (Å²) in [5.74, 6) is 0.835. The minimum atomic E-state index is -1.74. The molecule has 2 saturated heterocycles. The molecule has 238 valence electrons. The molecule has 2 heterocycles. The molecule has 0 aromatic heterocycles. The second kappa shape index (κ2) is 15.7. The predicted molar refractivity (Wildman–Crippen MR) is 142 cm³/mol. The number of aliphatic hydroxyl groups is 7. The summed E-state index contributed by atoms with van der Waals surface area (Å²) in [5, 5.41) is 73.9. The molecule has 2 saturated carbocycles. The fourth-order valence-electron chi connectivity index (χ4n) is 6.96. The highest BCUT2D eigenvalue weighted by molar-refractivity contribution is 5.79. The van der Waals surface area contributed by atoms with Crippen molar-refractivity contribution in [2.24, 2.45) is 17.8 Å². The van der Waals surface area contributed by atoms with Crippen LogP contribution in [0.25, 0.3) is 0 Å². The molecule has 4 fully saturated rings. The van der Waals surface area contributed by atoms with E-state index in [0.717, 1.165) is 51.4 Å². The van der Waals surface area contributed by atoms with E-state index in [2.05, 4.69) is 5.32 Å². The van der Waals surface area contributed by atoms with Gasteiger partial charge in [-0.3, -0.25) is 4.79 Å². The van der Waals surface area contributed by atoms with Crippen molar-refractivity contribution < 1.29 is 59.5 Å². The first kappa shape index (κ1) is 32.9. The average Bonchev–Trinajstić information content (AvgIpc) is 2.99. The van der Waals surface area contributed by atoms with Crippen LogP contribution in [-0.2, 0) is 23.7 Å². The Morgan fingerprint density at radius 3 is 1.80 bits per heavy atom. The van der Waals surface area contributed by atoms with E-state index < -0.39 is 74.6 Å². The van der Waals surface area contributed by atoms with E-state index in [9.17, 15) is 40.5 Å². The molecule has 13 heteroatoms. The summed E-state index contributed by atoms with van der Waals surface area (Å²) in [6.07, 6.45) is -3.62. The normalized spacial score (nSPS) is 39.6. The zero-order valence-corrected chi connectivity index (χ0v) is 23.6. The number of hydrogen-bond donors (Lipinski definition) is 8. The van der Waals surface area contributed by atoms with E-state index in [4.69, 9.17) is 18.9 Å². The van der Waals surface area contributed by atoms with Crippen molar-refractivity contribution in [3.8, 4) is 0 Å². The second-order valence-corrected chi connectivity index (χ2v) is 12.0. The predicted octanol–water partition coefficient (Wildman–Crippen LogP) is -1.48. The third-order valence-electron chi connectivity index (χ3n) is 9.26. The van der Waals surface area contributed by atoms with Crippen molar-refractivity contribution in [2.75, 3.05) is 26.4 Å². The Morgan fingerprint density at radius 1 is 0.707 bits per heavy atom. The summed E-state index contributed by atoms with van der Waals surface area (Å²) in [5.41, 5.74) is 0. The molecule has 0 bridgehead atoms. The largest absolute Gasteiger partial charge is 0.394 e. The molecular formula is C28H49NO12. The van der Waals surface area contributed by atoms with E-state index in [1.54, 1.807) is 0 Å². The molecule has 0 aromatic carbocycles. The summed E-state index contributed by atoms with van der Waals surface area (Å²) in [6.45, 7) is -1.13. The highest BCUT2D eigenvalue weighted by Crippen LogP contribution is 2.40. The first-order chi connectivity index (χ1) is 19.8. The van der Waals surface area contributed by atoms with E-state index in [-0.39, 0.29) is 25.0 Å². The molecule has 8 N–H and O–H groups in total. The lowest BCUT2D eigenvalue weighted by molar-refractivity contribution is -0.359. The van der Waals surface area contributed by atoms with Gasteiger partial charge in [-0.25, -0.2) is 0 Å². The number of rotatable bonds is 11. The van der Waals surface area contributed by atoms with Gasteiger partial charge >= 0.3 is 0 Å². The van der Waals surface area contributed by atoms with Gasteiger partial charge in [0, 0.05) is 12.5 Å². The SMILES string of the molecule is O=C(NCCO[C@H]1O[C@@H](CO)[C@H](O[C@@H]2O[C@@H](CO)[C@H](O)[C@@H](O)[C@@H]2O)[C@@H](O)[C@@H]1O)C(C1CCCCC1)C1CCCCC1. The summed E-state index contributed by atoms with van der Waals surface area (Å²) in [7, 11) is 0. The molecule has 0 unspecified atom stereocenters. The maximum atomic E-state index is 13.3. The molecule has 1 amide bonds. The number of ether oxygens (including phenoxy) is 4. The van der Waals surface area contributed by atoms with Crippen LogP contribution in [0, 0.1) is 17.8 Å². The second-order valence-electron chi connectivity index (χ2n) is 12.0. The van der Waals surface area contributed by atoms with Gasteiger partial charge in [-0.1, -0.05) is 38.5 Å². The van der Waals surface area contributed by atoms with Gasteiger partial charge in [-0.15, -0.1) is 0 Å². The fourth-order valence-corrected chi connectivity index (χ4v) is 6.96. The van der Waals surface area contributed by atoms with Gasteiger partial charge in [0.2, 0.25) is 5.91 Å². The molecule has 0 aromatic rings. The van der Waals surface area contributed by atoms with Crippen molar-refractivity contribution in [3.63, 3.8) is 0 Å². The molecule has 41 heavy (non-hydrogen) atoms. The quantitative estimate of drug-likeness (QED) is 0.129. The van der Waals surface area contributed by atoms with E-state index >= 15 is 0 Å². The Bertz CT molecular complexity index is 772. The minimum absolute atomic E-state index is 0.00137. The zero-order chi connectivity index (χ0) is 29.5. The molecular weight excluding hydrogens is 542 g/mol. The maximum Gasteiger partial charge on any atom is 0.223 e. The Balaban J connectivity index is 1.28. The molecule has 2 aliphatic heterocycles. The van der Waals surface area contributed by atoms with Crippen molar-refractivity contribution in [2.45, 2.75) is 126 Å². The van der Waals surface area contributed by atoms with E-state index in [0.29, 0.717) is 11.8 Å². The van der Waals surface area contributed by atoms with E-state index in [1.165, 1.54) is 12.8 Å². The van der Waals surface area contributed by atoms with Crippen LogP contribution in [0.5, 0.6) is 0 Å². The first-order valence-corrected chi connectivity index (χ1v) is 15.2. The first-order valence-electron chi connectivity index (χ1n) is 15.2. The summed E-state index contributed by atoms with van der Waals surface area (Å²) >= 11 is 0. The lowest BCUT2D eigenvalue weighted by Gasteiger charge is -2.45. The molecule has 4 rings (SSSR count). The molecule has 0 radical (unpaired) electrons. The smallest absolute Gasteiger partial charge is 0.223 e. The Hall–Kier alpha value is -0.970. The van der Waals surface area contributed by atoms with Crippen LogP contribution in [0.15, 0.2) is 0 Å². The molecule has 0 spiro atoms. The number of aliphatic hydroxyl groups excluding tert-OH is 7. The van der Waals surface area contributed by atoms with Gasteiger partial charge < -0.3 is 60.0 Å². The van der Waals surface area contributed by atoms with Crippen LogP contribution >= 0.6 is 0 Å². The van der Waals surface area contributed by atoms with E-state index in [1.807, 2.05) is 0 Å². The van der Waals surface area contributed by atoms with Gasteiger partial charge in [0.05, 0.1) is 19.8 Å². The van der Waals surface area contributed by atoms with Gasteiger partial charge in [-0.2, -0.15) is 0 Å². The summed E-state index contributed by atoms with van der Waals surface area (Å²) in [6, 6.07) is 0. The lowest BCUT2D eigenvalue weighted by atomic mass is 9.69. The van der Waals surface area contributed by atoms with Crippen LogP contribution in [-0.4, -0.2) is 129 Å². The van der Waals surface area contributed by atoms with Crippen molar-refractivity contribution in [3.05, 3.63) is 0 Å². The standard InChI is InChI=1S/C28H49NO12/c30-13-17-20(32)21(33)23(35)28(39-17)41-25-18(14-31)40-27(24(36)22(25)34)38-12-11-29-26(37)19(15-7-3-1-4-8-15)16-9-5-2-6-10-16/h15-25,27-28,30-36H,1-14H2,(H,29,37)/t17-,18-,20-,21+,22-,23-,24-,25-,27-,28-/m0/s1. The van der Waals surface area contributed by atoms with Crippen LogP contribution in [0.2, 0.25) is 0 Å². The average molecular weight is 592 g/mol.